The Kier molecular flexibility index (Phi) is 5.20. The fourth-order valence-corrected chi connectivity index (χ4v) is 3.48. The number of fused-ring (bicyclic) bond motifs is 1. The molecule has 0 saturated carbocycles. The SMILES string of the molecule is CCCNC(=O)C(C)Sc1nc2ccccc2n1-c1ccccc1. The second-order valence-electron chi connectivity index (χ2n) is 5.61. The first-order valence-electron chi connectivity index (χ1n) is 8.18. The van der Waals surface area contributed by atoms with Gasteiger partial charge in [-0.25, -0.2) is 4.98 Å². The van der Waals surface area contributed by atoms with Crippen molar-refractivity contribution in [2.75, 3.05) is 6.54 Å². The molecule has 0 fully saturated rings. The topological polar surface area (TPSA) is 46.9 Å². The van der Waals surface area contributed by atoms with E-state index in [0.717, 1.165) is 28.3 Å². The first-order chi connectivity index (χ1) is 11.7. The molecule has 2 aromatic carbocycles. The molecule has 0 spiro atoms. The maximum Gasteiger partial charge on any atom is 0.233 e. The summed E-state index contributed by atoms with van der Waals surface area (Å²) < 4.78 is 2.11. The van der Waals surface area contributed by atoms with E-state index >= 15 is 0 Å². The summed E-state index contributed by atoms with van der Waals surface area (Å²) in [6.45, 7) is 4.68. The van der Waals surface area contributed by atoms with Gasteiger partial charge in [-0.2, -0.15) is 0 Å². The summed E-state index contributed by atoms with van der Waals surface area (Å²) in [5.41, 5.74) is 3.03. The highest BCUT2D eigenvalue weighted by Gasteiger charge is 2.19. The number of imidazole rings is 1. The minimum atomic E-state index is -0.198. The van der Waals surface area contributed by atoms with E-state index in [0.29, 0.717) is 6.54 Å². The number of carbonyl (C=O) groups is 1. The van der Waals surface area contributed by atoms with Crippen LogP contribution in [-0.4, -0.2) is 27.3 Å². The van der Waals surface area contributed by atoms with E-state index in [-0.39, 0.29) is 11.2 Å². The molecular formula is C19H21N3OS. The van der Waals surface area contributed by atoms with E-state index < -0.39 is 0 Å². The molecule has 0 aliphatic rings. The van der Waals surface area contributed by atoms with E-state index in [4.69, 9.17) is 4.98 Å². The summed E-state index contributed by atoms with van der Waals surface area (Å²) in [5, 5.41) is 3.58. The lowest BCUT2D eigenvalue weighted by molar-refractivity contribution is -0.120. The number of aromatic nitrogens is 2. The van der Waals surface area contributed by atoms with Crippen LogP contribution in [0.1, 0.15) is 20.3 Å². The van der Waals surface area contributed by atoms with Gasteiger partial charge in [0, 0.05) is 12.2 Å². The van der Waals surface area contributed by atoms with Gasteiger partial charge >= 0.3 is 0 Å². The number of benzene rings is 2. The van der Waals surface area contributed by atoms with Crippen molar-refractivity contribution in [3.8, 4) is 5.69 Å². The molecule has 0 aliphatic heterocycles. The zero-order valence-electron chi connectivity index (χ0n) is 13.9. The molecule has 1 atom stereocenters. The maximum atomic E-state index is 12.2. The zero-order valence-corrected chi connectivity index (χ0v) is 14.7. The van der Waals surface area contributed by atoms with Gasteiger partial charge in [0.15, 0.2) is 5.16 Å². The van der Waals surface area contributed by atoms with Gasteiger partial charge in [-0.1, -0.05) is 49.0 Å². The number of rotatable bonds is 6. The molecule has 1 unspecified atom stereocenters. The van der Waals surface area contributed by atoms with Crippen LogP contribution in [0.4, 0.5) is 0 Å². The normalized spacial score (nSPS) is 12.2. The van der Waals surface area contributed by atoms with Crippen LogP contribution in [0.15, 0.2) is 59.8 Å². The number of nitrogens with one attached hydrogen (secondary N) is 1. The average Bonchev–Trinajstić information content (AvgIpc) is 2.98. The standard InChI is InChI=1S/C19H21N3OS/c1-3-13-20-18(23)14(2)24-19-21-16-11-7-8-12-17(16)22(19)15-9-5-4-6-10-15/h4-12,14H,3,13H2,1-2H3,(H,20,23). The van der Waals surface area contributed by atoms with Crippen molar-refractivity contribution in [3.63, 3.8) is 0 Å². The molecular weight excluding hydrogens is 318 g/mol. The minimum Gasteiger partial charge on any atom is -0.355 e. The molecule has 1 aromatic heterocycles. The third-order valence-electron chi connectivity index (χ3n) is 3.75. The third kappa shape index (κ3) is 3.46. The highest BCUT2D eigenvalue weighted by molar-refractivity contribution is 8.00. The van der Waals surface area contributed by atoms with Crippen LogP contribution in [0.25, 0.3) is 16.7 Å². The molecule has 1 N–H and O–H groups in total. The number of carbonyl (C=O) groups excluding carboxylic acids is 1. The van der Waals surface area contributed by atoms with Gasteiger partial charge < -0.3 is 5.32 Å². The molecule has 1 amide bonds. The third-order valence-corrected chi connectivity index (χ3v) is 4.80. The first-order valence-corrected chi connectivity index (χ1v) is 9.06. The molecule has 5 heteroatoms. The second-order valence-corrected chi connectivity index (χ2v) is 6.91. The van der Waals surface area contributed by atoms with Crippen molar-refractivity contribution in [2.45, 2.75) is 30.7 Å². The van der Waals surface area contributed by atoms with Gasteiger partial charge in [0.05, 0.1) is 16.3 Å². The highest BCUT2D eigenvalue weighted by atomic mass is 32.2. The Morgan fingerprint density at radius 3 is 2.62 bits per heavy atom. The Morgan fingerprint density at radius 1 is 1.17 bits per heavy atom. The first kappa shape index (κ1) is 16.6. The molecule has 0 saturated heterocycles. The van der Waals surface area contributed by atoms with Crippen LogP contribution in [0.5, 0.6) is 0 Å². The monoisotopic (exact) mass is 339 g/mol. The van der Waals surface area contributed by atoms with Crippen molar-refractivity contribution in [3.05, 3.63) is 54.6 Å². The van der Waals surface area contributed by atoms with Crippen LogP contribution >= 0.6 is 11.8 Å². The Balaban J connectivity index is 1.97. The molecule has 124 valence electrons. The van der Waals surface area contributed by atoms with Crippen molar-refractivity contribution in [1.82, 2.24) is 14.9 Å². The molecule has 1 heterocycles. The van der Waals surface area contributed by atoms with Crippen LogP contribution in [0, 0.1) is 0 Å². The van der Waals surface area contributed by atoms with Gasteiger partial charge in [-0.3, -0.25) is 9.36 Å². The summed E-state index contributed by atoms with van der Waals surface area (Å²) in [7, 11) is 0. The summed E-state index contributed by atoms with van der Waals surface area (Å²) in [5.74, 6) is 0.0496. The lowest BCUT2D eigenvalue weighted by atomic mass is 10.3. The Hall–Kier alpha value is -2.27. The van der Waals surface area contributed by atoms with Crippen molar-refractivity contribution >= 4 is 28.7 Å². The Labute approximate surface area is 146 Å². The fourth-order valence-electron chi connectivity index (χ4n) is 2.51. The largest absolute Gasteiger partial charge is 0.355 e. The second kappa shape index (κ2) is 7.53. The minimum absolute atomic E-state index is 0.0496. The zero-order chi connectivity index (χ0) is 16.9. The van der Waals surface area contributed by atoms with E-state index in [1.807, 2.05) is 50.2 Å². The number of nitrogens with zero attached hydrogens (tertiary/aromatic N) is 2. The summed E-state index contributed by atoms with van der Waals surface area (Å²) >= 11 is 1.49. The summed E-state index contributed by atoms with van der Waals surface area (Å²) in [4.78, 5) is 16.9. The van der Waals surface area contributed by atoms with Crippen molar-refractivity contribution < 1.29 is 4.79 Å². The van der Waals surface area contributed by atoms with Gasteiger partial charge in [-0.15, -0.1) is 0 Å². The van der Waals surface area contributed by atoms with E-state index in [2.05, 4.69) is 28.1 Å². The molecule has 3 rings (SSSR count). The number of thioether (sulfide) groups is 1. The van der Waals surface area contributed by atoms with Gasteiger partial charge in [0.1, 0.15) is 0 Å². The summed E-state index contributed by atoms with van der Waals surface area (Å²) in [6.07, 6.45) is 0.936. The van der Waals surface area contributed by atoms with E-state index in [1.165, 1.54) is 11.8 Å². The predicted molar refractivity (Wildman–Crippen MR) is 99.7 cm³/mol. The van der Waals surface area contributed by atoms with Crippen molar-refractivity contribution in [2.24, 2.45) is 0 Å². The molecule has 0 bridgehead atoms. The molecule has 3 aromatic rings. The number of hydrogen-bond donors (Lipinski definition) is 1. The van der Waals surface area contributed by atoms with Crippen molar-refractivity contribution in [1.29, 1.82) is 0 Å². The molecule has 24 heavy (non-hydrogen) atoms. The van der Waals surface area contributed by atoms with Crippen LogP contribution in [0.2, 0.25) is 0 Å². The van der Waals surface area contributed by atoms with Crippen LogP contribution in [0.3, 0.4) is 0 Å². The maximum absolute atomic E-state index is 12.2. The van der Waals surface area contributed by atoms with Gasteiger partial charge in [-0.05, 0) is 37.6 Å². The quantitative estimate of drug-likeness (QED) is 0.690. The van der Waals surface area contributed by atoms with Gasteiger partial charge in [0.25, 0.3) is 0 Å². The lowest BCUT2D eigenvalue weighted by Gasteiger charge is -2.13. The molecule has 4 nitrogen and oxygen atoms in total. The number of hydrogen-bond acceptors (Lipinski definition) is 3. The smallest absolute Gasteiger partial charge is 0.233 e. The fraction of sp³-hybridized carbons (Fsp3) is 0.263. The van der Waals surface area contributed by atoms with E-state index in [1.54, 1.807) is 0 Å². The molecule has 0 radical (unpaired) electrons. The molecule has 0 aliphatic carbocycles. The Morgan fingerprint density at radius 2 is 1.88 bits per heavy atom. The summed E-state index contributed by atoms with van der Waals surface area (Å²) in [6, 6.07) is 18.2. The lowest BCUT2D eigenvalue weighted by Crippen LogP contribution is -2.31. The highest BCUT2D eigenvalue weighted by Crippen LogP contribution is 2.30. The van der Waals surface area contributed by atoms with Gasteiger partial charge in [0.2, 0.25) is 5.91 Å². The predicted octanol–water partition coefficient (Wildman–Crippen LogP) is 4.03. The number of amides is 1. The Bertz CT molecular complexity index is 829. The number of para-hydroxylation sites is 3. The van der Waals surface area contributed by atoms with E-state index in [9.17, 15) is 4.79 Å². The van der Waals surface area contributed by atoms with Crippen LogP contribution < -0.4 is 5.32 Å². The average molecular weight is 339 g/mol. The van der Waals surface area contributed by atoms with Crippen LogP contribution in [-0.2, 0) is 4.79 Å².